The third-order valence-corrected chi connectivity index (χ3v) is 8.19. The first-order valence-corrected chi connectivity index (χ1v) is 12.7. The monoisotopic (exact) mass is 422 g/mol. The van der Waals surface area contributed by atoms with Gasteiger partial charge in [0.1, 0.15) is 5.76 Å². The van der Waals surface area contributed by atoms with Crippen LogP contribution in [0.3, 0.4) is 0 Å². The van der Waals surface area contributed by atoms with Gasteiger partial charge < -0.3 is 9.73 Å². The number of hydrogen-bond acceptors (Lipinski definition) is 3. The maximum Gasteiger partial charge on any atom is 0.220 e. The van der Waals surface area contributed by atoms with Crippen molar-refractivity contribution < 1.29 is 9.21 Å². The minimum atomic E-state index is 0.302. The van der Waals surface area contributed by atoms with Gasteiger partial charge in [-0.1, -0.05) is 25.0 Å². The average Bonchev–Trinajstić information content (AvgIpc) is 3.24. The third kappa shape index (κ3) is 5.16. The summed E-state index contributed by atoms with van der Waals surface area (Å²) in [7, 11) is 0. The van der Waals surface area contributed by atoms with Crippen LogP contribution in [0.25, 0.3) is 11.3 Å². The predicted molar refractivity (Wildman–Crippen MR) is 124 cm³/mol. The fourth-order valence-corrected chi connectivity index (χ4v) is 5.99. The van der Waals surface area contributed by atoms with E-state index in [1.165, 1.54) is 82.0 Å². The first-order chi connectivity index (χ1) is 15.2. The lowest BCUT2D eigenvalue weighted by atomic mass is 9.82. The quantitative estimate of drug-likeness (QED) is 0.580. The fourth-order valence-electron chi connectivity index (χ4n) is 5.99. The first-order valence-electron chi connectivity index (χ1n) is 12.7. The Kier molecular flexibility index (Phi) is 6.64. The van der Waals surface area contributed by atoms with Gasteiger partial charge in [-0.2, -0.15) is 0 Å². The van der Waals surface area contributed by atoms with E-state index in [2.05, 4.69) is 28.4 Å². The molecule has 3 fully saturated rings. The number of likely N-dealkylation sites (tertiary alicyclic amines) is 1. The summed E-state index contributed by atoms with van der Waals surface area (Å²) in [5, 5.41) is 3.33. The highest BCUT2D eigenvalue weighted by atomic mass is 16.3. The molecule has 0 aromatic heterocycles. The molecule has 4 nitrogen and oxygen atoms in total. The van der Waals surface area contributed by atoms with E-state index in [1.807, 2.05) is 12.3 Å². The lowest BCUT2D eigenvalue weighted by molar-refractivity contribution is -0.123. The number of carbonyl (C=O) groups excluding carboxylic acids is 1. The normalized spacial score (nSPS) is 27.8. The molecule has 4 heteroatoms. The molecule has 2 heterocycles. The molecule has 5 aliphatic rings. The smallest absolute Gasteiger partial charge is 0.220 e. The average molecular weight is 423 g/mol. The van der Waals surface area contributed by atoms with Gasteiger partial charge in [0.2, 0.25) is 5.91 Å². The summed E-state index contributed by atoms with van der Waals surface area (Å²) in [6.45, 7) is 2.39. The van der Waals surface area contributed by atoms with E-state index in [0.717, 1.165) is 30.9 Å². The second kappa shape index (κ2) is 9.77. The SMILES string of the molecule is O=C(CC1CCC1)NC1CCC(CCN2CCCCC2c2coc3cccc-3c2)CC1. The van der Waals surface area contributed by atoms with Crippen LogP contribution < -0.4 is 5.32 Å². The minimum absolute atomic E-state index is 0.302. The van der Waals surface area contributed by atoms with Crippen LogP contribution in [0.15, 0.2) is 34.9 Å². The Morgan fingerprint density at radius 3 is 2.68 bits per heavy atom. The Labute approximate surface area is 187 Å². The molecule has 5 rings (SSSR count). The number of rotatable bonds is 7. The second-order valence-corrected chi connectivity index (χ2v) is 10.3. The molecule has 0 spiro atoms. The zero-order chi connectivity index (χ0) is 21.0. The van der Waals surface area contributed by atoms with Gasteiger partial charge in [0.25, 0.3) is 0 Å². The van der Waals surface area contributed by atoms with Crippen LogP contribution in [0, 0.1) is 11.8 Å². The van der Waals surface area contributed by atoms with Crippen LogP contribution in [0.5, 0.6) is 0 Å². The number of nitrogens with one attached hydrogen (secondary N) is 1. The van der Waals surface area contributed by atoms with Crippen LogP contribution in [0.4, 0.5) is 0 Å². The molecule has 1 amide bonds. The molecule has 1 saturated heterocycles. The van der Waals surface area contributed by atoms with Crippen molar-refractivity contribution in [3.8, 4) is 11.3 Å². The van der Waals surface area contributed by atoms with Gasteiger partial charge in [0, 0.05) is 29.6 Å². The van der Waals surface area contributed by atoms with Crippen LogP contribution in [0.2, 0.25) is 0 Å². The van der Waals surface area contributed by atoms with Crippen molar-refractivity contribution in [2.45, 2.75) is 89.1 Å². The third-order valence-electron chi connectivity index (χ3n) is 8.19. The van der Waals surface area contributed by atoms with Gasteiger partial charge in [0.05, 0.1) is 6.26 Å². The molecular weight excluding hydrogens is 384 g/mol. The number of piperidine rings is 1. The van der Waals surface area contributed by atoms with Crippen LogP contribution in [-0.4, -0.2) is 29.9 Å². The second-order valence-electron chi connectivity index (χ2n) is 10.3. The van der Waals surface area contributed by atoms with Crippen molar-refractivity contribution in [3.05, 3.63) is 36.1 Å². The van der Waals surface area contributed by atoms with Gasteiger partial charge in [-0.25, -0.2) is 0 Å². The minimum Gasteiger partial charge on any atom is -0.464 e. The number of nitrogens with zero attached hydrogens (tertiary/aromatic N) is 1. The van der Waals surface area contributed by atoms with Gasteiger partial charge in [-0.3, -0.25) is 9.69 Å². The lowest BCUT2D eigenvalue weighted by Crippen LogP contribution is -2.39. The van der Waals surface area contributed by atoms with Crippen LogP contribution in [-0.2, 0) is 4.79 Å². The lowest BCUT2D eigenvalue weighted by Gasteiger charge is -2.37. The largest absolute Gasteiger partial charge is 0.464 e. The Hall–Kier alpha value is -1.81. The highest BCUT2D eigenvalue weighted by Gasteiger charge is 2.28. The van der Waals surface area contributed by atoms with Crippen LogP contribution in [0.1, 0.15) is 88.7 Å². The van der Waals surface area contributed by atoms with E-state index >= 15 is 0 Å². The number of carbonyl (C=O) groups is 1. The van der Waals surface area contributed by atoms with Crippen molar-refractivity contribution in [1.82, 2.24) is 10.2 Å². The highest BCUT2D eigenvalue weighted by molar-refractivity contribution is 5.76. The van der Waals surface area contributed by atoms with E-state index in [4.69, 9.17) is 4.42 Å². The van der Waals surface area contributed by atoms with Crippen molar-refractivity contribution >= 4 is 5.91 Å². The molecule has 2 saturated carbocycles. The maximum atomic E-state index is 12.2. The van der Waals surface area contributed by atoms with Crippen molar-refractivity contribution in [2.75, 3.05) is 13.1 Å². The van der Waals surface area contributed by atoms with E-state index in [1.54, 1.807) is 0 Å². The maximum absolute atomic E-state index is 12.2. The van der Waals surface area contributed by atoms with E-state index in [-0.39, 0.29) is 0 Å². The summed E-state index contributed by atoms with van der Waals surface area (Å²) in [5.41, 5.74) is 2.57. The molecule has 31 heavy (non-hydrogen) atoms. The Morgan fingerprint density at radius 2 is 1.87 bits per heavy atom. The highest BCUT2D eigenvalue weighted by Crippen LogP contribution is 2.36. The Balaban J connectivity index is 1.09. The molecular formula is C27H38N2O2. The number of fused-ring (bicyclic) bond motifs is 1. The van der Waals surface area contributed by atoms with Gasteiger partial charge in [0.15, 0.2) is 0 Å². The summed E-state index contributed by atoms with van der Waals surface area (Å²) in [4.78, 5) is 14.9. The number of amides is 1. The summed E-state index contributed by atoms with van der Waals surface area (Å²) in [6.07, 6.45) is 16.6. The zero-order valence-corrected chi connectivity index (χ0v) is 18.9. The molecule has 0 aromatic rings. The molecule has 168 valence electrons. The van der Waals surface area contributed by atoms with E-state index in [9.17, 15) is 4.79 Å². The topological polar surface area (TPSA) is 45.5 Å². The first kappa shape index (κ1) is 21.1. The van der Waals surface area contributed by atoms with Gasteiger partial charge in [-0.15, -0.1) is 0 Å². The summed E-state index contributed by atoms with van der Waals surface area (Å²) in [6, 6.07) is 9.52. The molecule has 3 aliphatic carbocycles. The summed E-state index contributed by atoms with van der Waals surface area (Å²) >= 11 is 0. The fraction of sp³-hybridized carbons (Fsp3) is 0.667. The molecule has 1 unspecified atom stereocenters. The van der Waals surface area contributed by atoms with Gasteiger partial charge >= 0.3 is 0 Å². The molecule has 0 aromatic carbocycles. The molecule has 2 aliphatic heterocycles. The van der Waals surface area contributed by atoms with E-state index in [0.29, 0.717) is 23.9 Å². The summed E-state index contributed by atoms with van der Waals surface area (Å²) < 4.78 is 5.90. The molecule has 0 radical (unpaired) electrons. The summed E-state index contributed by atoms with van der Waals surface area (Å²) in [5.74, 6) is 2.77. The Bertz CT molecular complexity index is 818. The molecule has 1 atom stereocenters. The van der Waals surface area contributed by atoms with Gasteiger partial charge in [-0.05, 0) is 94.8 Å². The number of hydrogen-bond donors (Lipinski definition) is 1. The molecule has 1 N–H and O–H groups in total. The standard InChI is InChI=1S/C27H38N2O2/c30-27(17-21-5-3-6-21)28-24-12-10-20(11-13-24)14-16-29-15-2-1-8-25(29)23-18-22-7-4-9-26(22)31-19-23/h4,7,9,18-21,24-25H,1-3,5-6,8,10-17H2,(H,28,30). The zero-order valence-electron chi connectivity index (χ0n) is 18.9. The predicted octanol–water partition coefficient (Wildman–Crippen LogP) is 6.17. The van der Waals surface area contributed by atoms with Crippen LogP contribution >= 0.6 is 0 Å². The Morgan fingerprint density at radius 1 is 1.00 bits per heavy atom. The van der Waals surface area contributed by atoms with E-state index < -0.39 is 0 Å². The van der Waals surface area contributed by atoms with Crippen molar-refractivity contribution in [3.63, 3.8) is 0 Å². The van der Waals surface area contributed by atoms with Crippen molar-refractivity contribution in [2.24, 2.45) is 11.8 Å². The van der Waals surface area contributed by atoms with Crippen molar-refractivity contribution in [1.29, 1.82) is 0 Å². The molecule has 0 bridgehead atoms.